The number of halogens is 3. The van der Waals surface area contributed by atoms with E-state index >= 15 is 0 Å². The molecule has 0 radical (unpaired) electrons. The highest BCUT2D eigenvalue weighted by molar-refractivity contribution is 9.09. The number of nitro groups is 1. The lowest BCUT2D eigenvalue weighted by atomic mass is 9.56. The number of carbonyl (C=O) groups excluding carboxylic acids is 4. The van der Waals surface area contributed by atoms with Crippen LogP contribution in [0.4, 0.5) is 11.4 Å². The lowest BCUT2D eigenvalue weighted by Crippen LogP contribution is -2.60. The van der Waals surface area contributed by atoms with Crippen LogP contribution < -0.4 is 9.64 Å². The number of non-ortho nitro benzene ring substituents is 1. The van der Waals surface area contributed by atoms with Gasteiger partial charge in [-0.05, 0) is 42.5 Å². The summed E-state index contributed by atoms with van der Waals surface area (Å²) < 4.78 is 5.29. The van der Waals surface area contributed by atoms with Crippen LogP contribution in [0.1, 0.15) is 24.3 Å². The van der Waals surface area contributed by atoms with Crippen molar-refractivity contribution >= 4 is 74.1 Å². The van der Waals surface area contributed by atoms with Crippen LogP contribution in [0, 0.1) is 27.9 Å². The molecule has 0 spiro atoms. The van der Waals surface area contributed by atoms with Gasteiger partial charge in [0.15, 0.2) is 21.2 Å². The Labute approximate surface area is 257 Å². The molecule has 2 aromatic rings. The molecule has 1 saturated carbocycles. The zero-order valence-corrected chi connectivity index (χ0v) is 24.9. The number of benzene rings is 2. The smallest absolute Gasteiger partial charge is 0.271 e. The minimum Gasteiger partial charge on any atom is -0.504 e. The summed E-state index contributed by atoms with van der Waals surface area (Å²) in [6.45, 7) is 0. The van der Waals surface area contributed by atoms with Crippen molar-refractivity contribution in [1.82, 2.24) is 4.90 Å². The van der Waals surface area contributed by atoms with E-state index in [1.54, 1.807) is 12.1 Å². The highest BCUT2D eigenvalue weighted by Gasteiger charge is 2.76. The molecule has 14 heteroatoms. The number of alkyl halides is 3. The predicted molar refractivity (Wildman–Crippen MR) is 154 cm³/mol. The van der Waals surface area contributed by atoms with E-state index < -0.39 is 62.0 Å². The monoisotopic (exact) mass is 677 g/mol. The molecule has 2 aliphatic carbocycles. The molecule has 218 valence electrons. The number of hydrogen-bond acceptors (Lipinski definition) is 8. The maximum absolute atomic E-state index is 14.0. The Balaban J connectivity index is 1.51. The van der Waals surface area contributed by atoms with Gasteiger partial charge in [0.25, 0.3) is 17.5 Å². The summed E-state index contributed by atoms with van der Waals surface area (Å²) in [5, 5.41) is 21.6. The van der Waals surface area contributed by atoms with Crippen molar-refractivity contribution in [2.75, 3.05) is 17.5 Å². The van der Waals surface area contributed by atoms with E-state index in [1.807, 2.05) is 0 Å². The number of phenolic OH excluding ortho intramolecular Hbond substituents is 1. The average Bonchev–Trinajstić information content (AvgIpc) is 3.31. The van der Waals surface area contributed by atoms with E-state index in [1.165, 1.54) is 37.4 Å². The first kappa shape index (κ1) is 28.6. The van der Waals surface area contributed by atoms with Crippen LogP contribution in [0.25, 0.3) is 0 Å². The second kappa shape index (κ2) is 9.78. The van der Waals surface area contributed by atoms with Gasteiger partial charge in [0.2, 0.25) is 11.8 Å². The summed E-state index contributed by atoms with van der Waals surface area (Å²) in [6.07, 6.45) is 1.70. The van der Waals surface area contributed by atoms with Crippen molar-refractivity contribution < 1.29 is 33.9 Å². The lowest BCUT2D eigenvalue weighted by molar-refractivity contribution is -0.384. The van der Waals surface area contributed by atoms with Gasteiger partial charge in [-0.1, -0.05) is 39.7 Å². The number of aromatic hydroxyl groups is 1. The number of likely N-dealkylation sites (tertiary alicyclic amines) is 1. The number of allylic oxidation sites excluding steroid dienone is 2. The average molecular weight is 679 g/mol. The first-order valence-corrected chi connectivity index (χ1v) is 14.8. The number of fused-ring (bicyclic) bond motifs is 4. The number of imide groups is 2. The Morgan fingerprint density at radius 1 is 1.10 bits per heavy atom. The van der Waals surface area contributed by atoms with Gasteiger partial charge in [0.1, 0.15) is 0 Å². The minimum atomic E-state index is -2.00. The molecule has 6 atom stereocenters. The molecule has 2 saturated heterocycles. The van der Waals surface area contributed by atoms with Crippen molar-refractivity contribution in [3.63, 3.8) is 0 Å². The third-order valence-corrected chi connectivity index (χ3v) is 10.8. The molecule has 2 heterocycles. The Kier molecular flexibility index (Phi) is 6.67. The Morgan fingerprint density at radius 2 is 1.83 bits per heavy atom. The Morgan fingerprint density at radius 3 is 2.50 bits per heavy atom. The first-order chi connectivity index (χ1) is 19.9. The topological polar surface area (TPSA) is 147 Å². The van der Waals surface area contributed by atoms with Gasteiger partial charge in [-0.15, -0.1) is 23.2 Å². The zero-order chi connectivity index (χ0) is 30.3. The SMILES string of the molecule is COc1cc([C@H]2C3=CC[C@@H]4C(=O)N(c5cccc([N+](=O)[O-])c5)C(=O)[C@@H]4[C@@H]3C[C@@]3(Cl)C(=O)N(CBr)C(=O)[C@@]23Cl)ccc1O. The second-order valence-electron chi connectivity index (χ2n) is 10.7. The summed E-state index contributed by atoms with van der Waals surface area (Å²) in [4.78, 5) is 63.8. The number of hydrogen-bond donors (Lipinski definition) is 1. The molecule has 2 aromatic carbocycles. The van der Waals surface area contributed by atoms with Crippen LogP contribution in [0.3, 0.4) is 0 Å². The van der Waals surface area contributed by atoms with Crippen LogP contribution in [-0.2, 0) is 19.2 Å². The third kappa shape index (κ3) is 3.64. The number of phenols is 1. The van der Waals surface area contributed by atoms with Crippen molar-refractivity contribution in [2.45, 2.75) is 28.5 Å². The highest BCUT2D eigenvalue weighted by atomic mass is 79.9. The van der Waals surface area contributed by atoms with Gasteiger partial charge in [0.05, 0.1) is 35.0 Å². The fourth-order valence-corrected chi connectivity index (χ4v) is 8.43. The maximum atomic E-state index is 14.0. The minimum absolute atomic E-state index is 0.0654. The summed E-state index contributed by atoms with van der Waals surface area (Å²) in [6, 6.07) is 9.68. The molecule has 0 aromatic heterocycles. The fraction of sp³-hybridized carbons (Fsp3) is 0.357. The predicted octanol–water partition coefficient (Wildman–Crippen LogP) is 4.22. The molecule has 3 fully saturated rings. The van der Waals surface area contributed by atoms with E-state index in [9.17, 15) is 34.4 Å². The molecule has 2 aliphatic heterocycles. The normalized spacial score (nSPS) is 32.0. The number of nitro benzene ring substituents is 1. The van der Waals surface area contributed by atoms with Gasteiger partial charge in [-0.2, -0.15) is 0 Å². The summed E-state index contributed by atoms with van der Waals surface area (Å²) >= 11 is 17.5. The molecule has 4 aliphatic rings. The molecule has 0 bridgehead atoms. The van der Waals surface area contributed by atoms with Crippen LogP contribution in [0.2, 0.25) is 0 Å². The number of carbonyl (C=O) groups is 4. The summed E-state index contributed by atoms with van der Waals surface area (Å²) in [5.74, 6) is -6.19. The molecule has 11 nitrogen and oxygen atoms in total. The largest absolute Gasteiger partial charge is 0.504 e. The van der Waals surface area contributed by atoms with E-state index in [-0.39, 0.29) is 41.2 Å². The van der Waals surface area contributed by atoms with Crippen molar-refractivity contribution in [1.29, 1.82) is 0 Å². The van der Waals surface area contributed by atoms with Crippen molar-refractivity contribution in [3.8, 4) is 11.5 Å². The number of methoxy groups -OCH3 is 1. The summed E-state index contributed by atoms with van der Waals surface area (Å²) in [5.41, 5.74) is 0.610. The standard InChI is InChI=1S/C28H22BrCl2N3O8/c1-42-20-9-13(5-8-19(20)35)22-16-6-7-17-21(18(16)11-27(30)25(38)32(12-29)26(39)28(22,27)31)24(37)33(23(17)36)14-3-2-4-15(10-14)34(40)41/h2-6,8-10,17-18,21-22,35H,7,11-12H2,1H3/t17-,18+,21-,22-,27+,28-/m0/s1. The van der Waals surface area contributed by atoms with E-state index in [0.29, 0.717) is 11.1 Å². The molecule has 0 unspecified atom stereocenters. The quantitative estimate of drug-likeness (QED) is 0.123. The number of nitrogens with zero attached hydrogens (tertiary/aromatic N) is 3. The Bertz CT molecular complexity index is 1630. The number of amides is 4. The van der Waals surface area contributed by atoms with Crippen LogP contribution in [0.5, 0.6) is 11.5 Å². The molecule has 1 N–H and O–H groups in total. The fourth-order valence-electron chi connectivity index (χ4n) is 7.00. The lowest BCUT2D eigenvalue weighted by Gasteiger charge is -2.50. The van der Waals surface area contributed by atoms with Gasteiger partial charge in [0, 0.05) is 18.1 Å². The van der Waals surface area contributed by atoms with E-state index in [4.69, 9.17) is 27.9 Å². The second-order valence-corrected chi connectivity index (χ2v) is 12.4. The molecule has 6 rings (SSSR count). The van der Waals surface area contributed by atoms with Gasteiger partial charge >= 0.3 is 0 Å². The molecular weight excluding hydrogens is 657 g/mol. The van der Waals surface area contributed by atoms with Gasteiger partial charge in [-0.3, -0.25) is 34.2 Å². The van der Waals surface area contributed by atoms with E-state index in [0.717, 1.165) is 15.9 Å². The van der Waals surface area contributed by atoms with E-state index in [2.05, 4.69) is 15.9 Å². The van der Waals surface area contributed by atoms with Crippen LogP contribution >= 0.6 is 39.1 Å². The molecular formula is C28H22BrCl2N3O8. The highest BCUT2D eigenvalue weighted by Crippen LogP contribution is 2.65. The molecule has 4 amide bonds. The maximum Gasteiger partial charge on any atom is 0.271 e. The zero-order valence-electron chi connectivity index (χ0n) is 21.8. The van der Waals surface area contributed by atoms with Crippen LogP contribution in [0.15, 0.2) is 54.1 Å². The number of ether oxygens (including phenoxy) is 1. The van der Waals surface area contributed by atoms with Crippen molar-refractivity contribution in [3.05, 3.63) is 69.8 Å². The summed E-state index contributed by atoms with van der Waals surface area (Å²) in [7, 11) is 1.36. The Hall–Kier alpha value is -3.48. The third-order valence-electron chi connectivity index (χ3n) is 8.85. The molecule has 42 heavy (non-hydrogen) atoms. The van der Waals surface area contributed by atoms with Crippen LogP contribution in [-0.4, -0.2) is 60.9 Å². The van der Waals surface area contributed by atoms with Gasteiger partial charge in [-0.25, -0.2) is 4.90 Å². The number of anilines is 1. The number of rotatable bonds is 5. The van der Waals surface area contributed by atoms with Gasteiger partial charge < -0.3 is 9.84 Å². The van der Waals surface area contributed by atoms with Crippen molar-refractivity contribution in [2.24, 2.45) is 17.8 Å². The first-order valence-electron chi connectivity index (χ1n) is 12.9.